The van der Waals surface area contributed by atoms with Gasteiger partial charge in [0.2, 0.25) is 10.0 Å². The van der Waals surface area contributed by atoms with Crippen molar-refractivity contribution in [3.8, 4) is 11.1 Å². The summed E-state index contributed by atoms with van der Waals surface area (Å²) in [6, 6.07) is 26.4. The lowest BCUT2D eigenvalue weighted by molar-refractivity contribution is 0.102. The molecule has 0 aliphatic carbocycles. The largest absolute Gasteiger partial charge is 0.307 e. The van der Waals surface area contributed by atoms with Crippen LogP contribution < -0.4 is 5.32 Å². The predicted molar refractivity (Wildman–Crippen MR) is 115 cm³/mol. The minimum atomic E-state index is -3.42. The Bertz CT molecular complexity index is 1100. The van der Waals surface area contributed by atoms with Crippen molar-refractivity contribution in [1.82, 2.24) is 9.62 Å². The first-order chi connectivity index (χ1) is 14.0. The third-order valence-electron chi connectivity index (χ3n) is 6.16. The zero-order chi connectivity index (χ0) is 20.0. The highest BCUT2D eigenvalue weighted by molar-refractivity contribution is 7.89. The van der Waals surface area contributed by atoms with Crippen molar-refractivity contribution < 1.29 is 8.42 Å². The minimum Gasteiger partial charge on any atom is -0.307 e. The molecule has 148 valence electrons. The van der Waals surface area contributed by atoms with E-state index in [-0.39, 0.29) is 12.1 Å². The molecule has 3 aromatic rings. The first kappa shape index (κ1) is 18.6. The van der Waals surface area contributed by atoms with Crippen molar-refractivity contribution in [3.63, 3.8) is 0 Å². The Hall–Kier alpha value is -2.47. The van der Waals surface area contributed by atoms with E-state index in [4.69, 9.17) is 0 Å². The van der Waals surface area contributed by atoms with Crippen molar-refractivity contribution >= 4 is 10.0 Å². The van der Waals surface area contributed by atoms with Gasteiger partial charge in [0.05, 0.1) is 4.90 Å². The van der Waals surface area contributed by atoms with E-state index in [0.29, 0.717) is 23.9 Å². The molecule has 3 fully saturated rings. The molecule has 1 N–H and O–H groups in total. The highest BCUT2D eigenvalue weighted by Gasteiger charge is 2.49. The molecule has 0 saturated carbocycles. The van der Waals surface area contributed by atoms with Crippen LogP contribution >= 0.6 is 0 Å². The molecule has 0 radical (unpaired) electrons. The van der Waals surface area contributed by atoms with E-state index < -0.39 is 10.0 Å². The summed E-state index contributed by atoms with van der Waals surface area (Å²) in [5, 5.41) is 3.53. The summed E-state index contributed by atoms with van der Waals surface area (Å²) in [7, 11) is -3.42. The average Bonchev–Trinajstić information content (AvgIpc) is 2.75. The van der Waals surface area contributed by atoms with Gasteiger partial charge in [0.25, 0.3) is 0 Å². The van der Waals surface area contributed by atoms with Gasteiger partial charge < -0.3 is 5.32 Å². The molecule has 3 aromatic carbocycles. The summed E-state index contributed by atoms with van der Waals surface area (Å²) in [4.78, 5) is 0.375. The van der Waals surface area contributed by atoms with Crippen molar-refractivity contribution in [2.24, 2.45) is 0 Å². The van der Waals surface area contributed by atoms with E-state index in [2.05, 4.69) is 60.8 Å². The topological polar surface area (TPSA) is 49.4 Å². The van der Waals surface area contributed by atoms with Gasteiger partial charge in [-0.25, -0.2) is 8.42 Å². The van der Waals surface area contributed by atoms with Crippen LogP contribution in [0.2, 0.25) is 0 Å². The number of rotatable bonds is 4. The van der Waals surface area contributed by atoms with E-state index in [0.717, 1.165) is 0 Å². The fraction of sp³-hybridized carbons (Fsp3) is 0.250. The maximum Gasteiger partial charge on any atom is 0.243 e. The first-order valence-corrected chi connectivity index (χ1v) is 11.4. The van der Waals surface area contributed by atoms with Crippen LogP contribution in [0.4, 0.5) is 0 Å². The van der Waals surface area contributed by atoms with Gasteiger partial charge in [-0.05, 0) is 35.7 Å². The molecule has 4 nitrogen and oxygen atoms in total. The molecule has 0 spiro atoms. The maximum absolute atomic E-state index is 12.9. The smallest absolute Gasteiger partial charge is 0.243 e. The lowest BCUT2D eigenvalue weighted by Crippen LogP contribution is -2.72. The lowest BCUT2D eigenvalue weighted by Gasteiger charge is -2.54. The Morgan fingerprint density at radius 1 is 0.793 bits per heavy atom. The predicted octanol–water partition coefficient (Wildman–Crippen LogP) is 3.79. The highest BCUT2D eigenvalue weighted by atomic mass is 32.2. The van der Waals surface area contributed by atoms with Crippen molar-refractivity contribution in [2.75, 3.05) is 13.1 Å². The van der Waals surface area contributed by atoms with Crippen LogP contribution in [0.25, 0.3) is 11.1 Å². The highest BCUT2D eigenvalue weighted by Crippen LogP contribution is 2.39. The Morgan fingerprint density at radius 3 is 1.93 bits per heavy atom. The SMILES string of the molecule is Cc1ccc(-c2ccc(C3[C@@H]4CN(S(=O)(=O)c5ccccc5)C[C@H]3N4)cc2)cc1. The number of fused-ring (bicyclic) bond motifs is 2. The molecular formula is C24H24N2O2S. The third kappa shape index (κ3) is 3.29. The summed E-state index contributed by atoms with van der Waals surface area (Å²) >= 11 is 0. The molecule has 3 aliphatic rings. The average molecular weight is 405 g/mol. The molecule has 3 aliphatic heterocycles. The molecule has 5 heteroatoms. The molecule has 1 unspecified atom stereocenters. The normalized spacial score (nSPS) is 24.1. The van der Waals surface area contributed by atoms with E-state index in [1.807, 2.05) is 6.07 Å². The lowest BCUT2D eigenvalue weighted by atomic mass is 9.75. The Labute approximate surface area is 172 Å². The Morgan fingerprint density at radius 2 is 1.34 bits per heavy atom. The number of benzene rings is 3. The number of piperazine rings is 1. The van der Waals surface area contributed by atoms with Gasteiger partial charge in [-0.2, -0.15) is 4.31 Å². The zero-order valence-corrected chi connectivity index (χ0v) is 17.1. The number of aryl methyl sites for hydroxylation is 1. The second-order valence-corrected chi connectivity index (χ2v) is 9.97. The Balaban J connectivity index is 1.32. The number of nitrogens with zero attached hydrogens (tertiary/aromatic N) is 1. The Kier molecular flexibility index (Phi) is 4.54. The molecule has 3 saturated heterocycles. The zero-order valence-electron chi connectivity index (χ0n) is 16.3. The first-order valence-electron chi connectivity index (χ1n) is 10.0. The van der Waals surface area contributed by atoms with Crippen LogP contribution in [-0.4, -0.2) is 37.9 Å². The van der Waals surface area contributed by atoms with Gasteiger partial charge in [0.15, 0.2) is 0 Å². The molecule has 29 heavy (non-hydrogen) atoms. The number of hydrogen-bond acceptors (Lipinski definition) is 3. The molecular weight excluding hydrogens is 380 g/mol. The van der Waals surface area contributed by atoms with Crippen LogP contribution in [0, 0.1) is 6.92 Å². The monoisotopic (exact) mass is 404 g/mol. The number of sulfonamides is 1. The summed E-state index contributed by atoms with van der Waals surface area (Å²) < 4.78 is 27.5. The molecule has 3 heterocycles. The van der Waals surface area contributed by atoms with Gasteiger partial charge in [-0.1, -0.05) is 72.3 Å². The molecule has 6 rings (SSSR count). The molecule has 0 amide bonds. The van der Waals surface area contributed by atoms with Crippen molar-refractivity contribution in [3.05, 3.63) is 90.0 Å². The molecule has 0 aromatic heterocycles. The van der Waals surface area contributed by atoms with Gasteiger partial charge in [0, 0.05) is 31.1 Å². The van der Waals surface area contributed by atoms with Gasteiger partial charge in [0.1, 0.15) is 0 Å². The van der Waals surface area contributed by atoms with E-state index in [1.165, 1.54) is 22.3 Å². The van der Waals surface area contributed by atoms with E-state index >= 15 is 0 Å². The van der Waals surface area contributed by atoms with Crippen LogP contribution in [0.1, 0.15) is 17.0 Å². The summed E-state index contributed by atoms with van der Waals surface area (Å²) in [6.07, 6.45) is 0. The van der Waals surface area contributed by atoms with Gasteiger partial charge in [-0.3, -0.25) is 0 Å². The molecule has 3 atom stereocenters. The van der Waals surface area contributed by atoms with Crippen LogP contribution in [-0.2, 0) is 10.0 Å². The van der Waals surface area contributed by atoms with Gasteiger partial charge in [-0.15, -0.1) is 0 Å². The van der Waals surface area contributed by atoms with E-state index in [9.17, 15) is 8.42 Å². The fourth-order valence-corrected chi connectivity index (χ4v) is 6.05. The fourth-order valence-electron chi connectivity index (χ4n) is 4.54. The third-order valence-corrected chi connectivity index (χ3v) is 8.00. The quantitative estimate of drug-likeness (QED) is 0.720. The summed E-state index contributed by atoms with van der Waals surface area (Å²) in [6.45, 7) is 3.12. The maximum atomic E-state index is 12.9. The number of nitrogens with one attached hydrogen (secondary N) is 1. The number of hydrogen-bond donors (Lipinski definition) is 1. The van der Waals surface area contributed by atoms with Gasteiger partial charge >= 0.3 is 0 Å². The van der Waals surface area contributed by atoms with Crippen LogP contribution in [0.5, 0.6) is 0 Å². The minimum absolute atomic E-state index is 0.164. The van der Waals surface area contributed by atoms with Crippen molar-refractivity contribution in [1.29, 1.82) is 0 Å². The molecule has 2 bridgehead atoms. The second-order valence-electron chi connectivity index (χ2n) is 8.03. The summed E-state index contributed by atoms with van der Waals surface area (Å²) in [5.41, 5.74) is 4.97. The van der Waals surface area contributed by atoms with E-state index in [1.54, 1.807) is 28.6 Å². The number of piperidine rings is 1. The summed E-state index contributed by atoms with van der Waals surface area (Å²) in [5.74, 6) is 0.365. The second kappa shape index (κ2) is 7.10. The standard InChI is InChI=1S/C24H24N2O2S/c1-17-7-9-18(10-8-17)19-11-13-20(14-12-19)24-22-15-26(16-23(24)25-22)29(27,28)21-5-3-2-4-6-21/h2-14,22-25H,15-16H2,1H3/t22-,23+,24?. The van der Waals surface area contributed by atoms with Crippen LogP contribution in [0.15, 0.2) is 83.8 Å². The van der Waals surface area contributed by atoms with Crippen LogP contribution in [0.3, 0.4) is 0 Å². The van der Waals surface area contributed by atoms with Crippen molar-refractivity contribution in [2.45, 2.75) is 29.8 Å².